The molecule has 0 fully saturated rings. The van der Waals surface area contributed by atoms with Crippen LogP contribution in [0.25, 0.3) is 11.3 Å². The Morgan fingerprint density at radius 2 is 1.70 bits per heavy atom. The number of nitrogens with two attached hydrogens (primary N) is 1. The number of halogens is 1. The first-order valence-electron chi connectivity index (χ1n) is 6.86. The molecule has 0 aliphatic heterocycles. The maximum atomic E-state index is 6.36. The third kappa shape index (κ3) is 2.75. The lowest BCUT2D eigenvalue weighted by Crippen LogP contribution is -2.21. The first-order valence-corrected chi connectivity index (χ1v) is 7.65. The number of hydrogen-bond acceptors (Lipinski definition) is 2. The molecule has 4 heteroatoms. The Balaban J connectivity index is 2.64. The molecular formula is C16H22BrN3. The maximum Gasteiger partial charge on any atom is 0.131 e. The van der Waals surface area contributed by atoms with Crippen molar-refractivity contribution < 1.29 is 0 Å². The number of anilines is 1. The summed E-state index contributed by atoms with van der Waals surface area (Å²) in [5.74, 6) is 1.77. The van der Waals surface area contributed by atoms with Gasteiger partial charge in [0, 0.05) is 21.5 Å². The Labute approximate surface area is 129 Å². The minimum atomic E-state index is -0.0357. The smallest absolute Gasteiger partial charge is 0.131 e. The second-order valence-corrected chi connectivity index (χ2v) is 7.31. The lowest BCUT2D eigenvalue weighted by Gasteiger charge is -2.22. The molecule has 0 unspecified atom stereocenters. The number of nitrogen functional groups attached to an aromatic ring is 1. The molecule has 20 heavy (non-hydrogen) atoms. The molecule has 108 valence electrons. The molecule has 2 N–H and O–H groups in total. The number of aromatic nitrogens is 2. The second kappa shape index (κ2) is 5.24. The van der Waals surface area contributed by atoms with Gasteiger partial charge in [0.05, 0.1) is 0 Å². The van der Waals surface area contributed by atoms with Gasteiger partial charge in [-0.15, -0.1) is 0 Å². The van der Waals surface area contributed by atoms with Gasteiger partial charge in [0.2, 0.25) is 0 Å². The summed E-state index contributed by atoms with van der Waals surface area (Å²) >= 11 is 3.45. The fourth-order valence-electron chi connectivity index (χ4n) is 2.32. The number of rotatable bonds is 2. The van der Waals surface area contributed by atoms with Crippen LogP contribution in [0.3, 0.4) is 0 Å². The molecule has 2 aromatic rings. The van der Waals surface area contributed by atoms with Gasteiger partial charge in [0.1, 0.15) is 17.3 Å². The Kier molecular flexibility index (Phi) is 3.96. The van der Waals surface area contributed by atoms with E-state index < -0.39 is 0 Å². The van der Waals surface area contributed by atoms with Crippen LogP contribution in [0.5, 0.6) is 0 Å². The lowest BCUT2D eigenvalue weighted by atomic mass is 9.95. The third-order valence-corrected chi connectivity index (χ3v) is 3.78. The quantitative estimate of drug-likeness (QED) is 0.858. The van der Waals surface area contributed by atoms with Crippen LogP contribution in [0.2, 0.25) is 0 Å². The molecule has 0 bridgehead atoms. The summed E-state index contributed by atoms with van der Waals surface area (Å²) in [6.07, 6.45) is 0. The lowest BCUT2D eigenvalue weighted by molar-refractivity contribution is 0.473. The predicted molar refractivity (Wildman–Crippen MR) is 88.9 cm³/mol. The van der Waals surface area contributed by atoms with Crippen molar-refractivity contribution >= 4 is 21.7 Å². The molecule has 3 nitrogen and oxygen atoms in total. The summed E-state index contributed by atoms with van der Waals surface area (Å²) in [4.78, 5) is 4.82. The van der Waals surface area contributed by atoms with Crippen molar-refractivity contribution in [2.75, 3.05) is 5.73 Å². The van der Waals surface area contributed by atoms with E-state index in [0.29, 0.717) is 6.04 Å². The van der Waals surface area contributed by atoms with E-state index in [1.54, 1.807) is 0 Å². The van der Waals surface area contributed by atoms with E-state index in [1.807, 2.05) is 24.3 Å². The van der Waals surface area contributed by atoms with E-state index >= 15 is 0 Å². The van der Waals surface area contributed by atoms with Crippen LogP contribution in [0.15, 0.2) is 28.7 Å². The van der Waals surface area contributed by atoms with Crippen molar-refractivity contribution in [3.63, 3.8) is 0 Å². The molecule has 0 radical (unpaired) electrons. The van der Waals surface area contributed by atoms with Gasteiger partial charge in [0.25, 0.3) is 0 Å². The molecule has 0 aliphatic rings. The fraction of sp³-hybridized carbons (Fsp3) is 0.438. The molecule has 0 aliphatic carbocycles. The molecule has 1 aromatic heterocycles. The van der Waals surface area contributed by atoms with E-state index in [2.05, 4.69) is 55.1 Å². The molecule has 0 saturated heterocycles. The second-order valence-electron chi connectivity index (χ2n) is 6.39. The van der Waals surface area contributed by atoms with E-state index in [0.717, 1.165) is 27.4 Å². The molecule has 1 heterocycles. The van der Waals surface area contributed by atoms with Crippen molar-refractivity contribution in [1.82, 2.24) is 9.55 Å². The molecule has 1 aromatic carbocycles. The SMILES string of the molecule is CC(C)n1c(C(C)(C)C)nc(-c2ccc(Br)cc2)c1N. The van der Waals surface area contributed by atoms with E-state index in [4.69, 9.17) is 10.7 Å². The predicted octanol–water partition coefficient (Wildman–Crippen LogP) is 4.77. The van der Waals surface area contributed by atoms with E-state index in [1.165, 1.54) is 0 Å². The molecule has 0 saturated carbocycles. The molecule has 0 spiro atoms. The van der Waals surface area contributed by atoms with Crippen molar-refractivity contribution in [1.29, 1.82) is 0 Å². The summed E-state index contributed by atoms with van der Waals surface area (Å²) in [6.45, 7) is 10.8. The Morgan fingerprint density at radius 1 is 1.15 bits per heavy atom. The Hall–Kier alpha value is -1.29. The highest BCUT2D eigenvalue weighted by molar-refractivity contribution is 9.10. The number of benzene rings is 1. The summed E-state index contributed by atoms with van der Waals surface area (Å²) in [5.41, 5.74) is 8.25. The Bertz CT molecular complexity index is 604. The van der Waals surface area contributed by atoms with Gasteiger partial charge in [-0.05, 0) is 26.0 Å². The highest BCUT2D eigenvalue weighted by Crippen LogP contribution is 2.34. The van der Waals surface area contributed by atoms with Crippen molar-refractivity contribution in [3.05, 3.63) is 34.6 Å². The zero-order valence-electron chi connectivity index (χ0n) is 12.7. The van der Waals surface area contributed by atoms with Crippen molar-refractivity contribution in [2.24, 2.45) is 0 Å². The highest BCUT2D eigenvalue weighted by Gasteiger charge is 2.26. The van der Waals surface area contributed by atoms with Gasteiger partial charge in [-0.25, -0.2) is 4.98 Å². The van der Waals surface area contributed by atoms with E-state index in [9.17, 15) is 0 Å². The number of imidazole rings is 1. The number of hydrogen-bond donors (Lipinski definition) is 1. The van der Waals surface area contributed by atoms with Gasteiger partial charge >= 0.3 is 0 Å². The summed E-state index contributed by atoms with van der Waals surface area (Å²) < 4.78 is 3.19. The summed E-state index contributed by atoms with van der Waals surface area (Å²) in [5, 5.41) is 0. The Morgan fingerprint density at radius 3 is 2.10 bits per heavy atom. The van der Waals surface area contributed by atoms with Crippen molar-refractivity contribution in [2.45, 2.75) is 46.1 Å². The van der Waals surface area contributed by atoms with Crippen LogP contribution in [-0.2, 0) is 5.41 Å². The van der Waals surface area contributed by atoms with Crippen LogP contribution in [0.4, 0.5) is 5.82 Å². The zero-order valence-corrected chi connectivity index (χ0v) is 14.3. The van der Waals surface area contributed by atoms with Crippen LogP contribution in [-0.4, -0.2) is 9.55 Å². The molecular weight excluding hydrogens is 314 g/mol. The zero-order chi connectivity index (χ0) is 15.1. The average molecular weight is 336 g/mol. The first kappa shape index (κ1) is 15.1. The maximum absolute atomic E-state index is 6.36. The van der Waals surface area contributed by atoms with Crippen molar-refractivity contribution in [3.8, 4) is 11.3 Å². The van der Waals surface area contributed by atoms with Gasteiger partial charge in [-0.3, -0.25) is 0 Å². The fourth-order valence-corrected chi connectivity index (χ4v) is 2.58. The van der Waals surface area contributed by atoms with Gasteiger partial charge in [0.15, 0.2) is 0 Å². The number of nitrogens with zero attached hydrogens (tertiary/aromatic N) is 2. The normalized spacial score (nSPS) is 12.2. The first-order chi connectivity index (χ1) is 9.21. The van der Waals surface area contributed by atoms with Crippen LogP contribution < -0.4 is 5.73 Å². The van der Waals surface area contributed by atoms with E-state index in [-0.39, 0.29) is 5.41 Å². The van der Waals surface area contributed by atoms with Crippen LogP contribution in [0.1, 0.15) is 46.5 Å². The minimum absolute atomic E-state index is 0.0357. The topological polar surface area (TPSA) is 43.8 Å². The van der Waals surface area contributed by atoms with Gasteiger partial charge in [-0.1, -0.05) is 48.8 Å². The average Bonchev–Trinajstić information content (AvgIpc) is 2.68. The largest absolute Gasteiger partial charge is 0.383 e. The van der Waals surface area contributed by atoms with Crippen LogP contribution in [0, 0.1) is 0 Å². The van der Waals surface area contributed by atoms with Gasteiger partial charge in [-0.2, -0.15) is 0 Å². The highest BCUT2D eigenvalue weighted by atomic mass is 79.9. The molecule has 0 atom stereocenters. The van der Waals surface area contributed by atoms with Crippen LogP contribution >= 0.6 is 15.9 Å². The molecule has 0 amide bonds. The third-order valence-electron chi connectivity index (χ3n) is 3.25. The minimum Gasteiger partial charge on any atom is -0.383 e. The van der Waals surface area contributed by atoms with Gasteiger partial charge < -0.3 is 10.3 Å². The summed E-state index contributed by atoms with van der Waals surface area (Å²) in [7, 11) is 0. The monoisotopic (exact) mass is 335 g/mol. The summed E-state index contributed by atoms with van der Waals surface area (Å²) in [6, 6.07) is 8.40. The molecule has 2 rings (SSSR count). The standard InChI is InChI=1S/C16H22BrN3/c1-10(2)20-14(18)13(19-15(20)16(3,4)5)11-6-8-12(17)9-7-11/h6-10H,18H2,1-5H3.